The Bertz CT molecular complexity index is 839. The fourth-order valence-electron chi connectivity index (χ4n) is 2.96. The minimum absolute atomic E-state index is 0.0258. The van der Waals surface area contributed by atoms with Gasteiger partial charge in [0.15, 0.2) is 0 Å². The van der Waals surface area contributed by atoms with Crippen LogP contribution in [0.5, 0.6) is 0 Å². The number of amides is 2. The number of hydrogen-bond donors (Lipinski definition) is 2. The number of rotatable bonds is 3. The molecule has 3 rings (SSSR count). The molecule has 1 fully saturated rings. The highest BCUT2D eigenvalue weighted by atomic mass is 19.1. The van der Waals surface area contributed by atoms with Crippen molar-refractivity contribution in [2.75, 3.05) is 13.1 Å². The molecular formula is C17H17FN4O2. The van der Waals surface area contributed by atoms with Gasteiger partial charge in [-0.2, -0.15) is 5.26 Å². The van der Waals surface area contributed by atoms with E-state index in [1.807, 2.05) is 31.2 Å². The van der Waals surface area contributed by atoms with Crippen LogP contribution in [0.2, 0.25) is 0 Å². The zero-order chi connectivity index (χ0) is 17.3. The molecule has 7 heteroatoms. The van der Waals surface area contributed by atoms with Gasteiger partial charge in [0.1, 0.15) is 12.2 Å². The van der Waals surface area contributed by atoms with Gasteiger partial charge in [0.2, 0.25) is 5.91 Å². The zero-order valence-electron chi connectivity index (χ0n) is 13.2. The molecule has 1 saturated heterocycles. The molecule has 0 aliphatic carbocycles. The quantitative estimate of drug-likeness (QED) is 0.898. The summed E-state index contributed by atoms with van der Waals surface area (Å²) in [6.07, 6.45) is 0.430. The first-order valence-corrected chi connectivity index (χ1v) is 7.68. The van der Waals surface area contributed by atoms with E-state index in [4.69, 9.17) is 5.26 Å². The molecule has 2 aromatic rings. The molecule has 1 aromatic carbocycles. The number of nitrogens with zero attached hydrogens (tertiary/aromatic N) is 2. The summed E-state index contributed by atoms with van der Waals surface area (Å²) in [6.45, 7) is 1.60. The molecular weight excluding hydrogens is 311 g/mol. The van der Waals surface area contributed by atoms with E-state index in [2.05, 4.69) is 10.3 Å². The molecule has 1 aliphatic heterocycles. The molecule has 0 radical (unpaired) electrons. The maximum absolute atomic E-state index is 13.4. The maximum atomic E-state index is 13.4. The van der Waals surface area contributed by atoms with Crippen molar-refractivity contribution in [1.82, 2.24) is 15.2 Å². The number of likely N-dealkylation sites (tertiary alicyclic amines) is 1. The van der Waals surface area contributed by atoms with Gasteiger partial charge in [0.05, 0.1) is 24.7 Å². The van der Waals surface area contributed by atoms with Crippen molar-refractivity contribution in [3.63, 3.8) is 0 Å². The molecule has 2 heterocycles. The van der Waals surface area contributed by atoms with Crippen molar-refractivity contribution in [1.29, 1.82) is 5.26 Å². The third-order valence-electron chi connectivity index (χ3n) is 4.20. The Labute approximate surface area is 138 Å². The number of aryl methyl sites for hydroxylation is 1. The lowest BCUT2D eigenvalue weighted by molar-refractivity contribution is -0.130. The Morgan fingerprint density at radius 1 is 1.50 bits per heavy atom. The predicted molar refractivity (Wildman–Crippen MR) is 86.0 cm³/mol. The van der Waals surface area contributed by atoms with E-state index in [-0.39, 0.29) is 25.4 Å². The van der Waals surface area contributed by atoms with Crippen LogP contribution in [0.15, 0.2) is 24.4 Å². The minimum atomic E-state index is -1.19. The van der Waals surface area contributed by atoms with Gasteiger partial charge in [-0.15, -0.1) is 0 Å². The van der Waals surface area contributed by atoms with E-state index in [0.717, 1.165) is 16.5 Å². The van der Waals surface area contributed by atoms with Crippen LogP contribution in [0, 0.1) is 18.3 Å². The van der Waals surface area contributed by atoms with E-state index in [1.54, 1.807) is 6.20 Å². The standard InChI is InChI=1S/C17H17FN4O2/c1-10-2-3-13-14(7-20-15(13)4-10)17(24)21-8-16(23)22-9-11(18)5-12(22)6-19/h2-4,7,11-12,20H,5,8-9H2,1H3,(H,21,24)/t11?,12-/m0/s1. The lowest BCUT2D eigenvalue weighted by Crippen LogP contribution is -2.42. The van der Waals surface area contributed by atoms with Crippen LogP contribution >= 0.6 is 0 Å². The average Bonchev–Trinajstić information content (AvgIpc) is 3.14. The third-order valence-corrected chi connectivity index (χ3v) is 4.20. The fraction of sp³-hybridized carbons (Fsp3) is 0.353. The van der Waals surface area contributed by atoms with Crippen molar-refractivity contribution >= 4 is 22.7 Å². The molecule has 1 aliphatic rings. The highest BCUT2D eigenvalue weighted by Gasteiger charge is 2.35. The van der Waals surface area contributed by atoms with Crippen LogP contribution in [0.4, 0.5) is 4.39 Å². The summed E-state index contributed by atoms with van der Waals surface area (Å²) in [4.78, 5) is 28.6. The number of nitrogens with one attached hydrogen (secondary N) is 2. The first-order chi connectivity index (χ1) is 11.5. The Morgan fingerprint density at radius 2 is 2.29 bits per heavy atom. The van der Waals surface area contributed by atoms with Crippen LogP contribution < -0.4 is 5.32 Å². The first-order valence-electron chi connectivity index (χ1n) is 7.68. The minimum Gasteiger partial charge on any atom is -0.360 e. The molecule has 124 valence electrons. The van der Waals surface area contributed by atoms with Crippen molar-refractivity contribution < 1.29 is 14.0 Å². The van der Waals surface area contributed by atoms with Crippen LogP contribution in [-0.2, 0) is 4.79 Å². The van der Waals surface area contributed by atoms with Gasteiger partial charge in [-0.25, -0.2) is 4.39 Å². The summed E-state index contributed by atoms with van der Waals surface area (Å²) in [7, 11) is 0. The molecule has 2 amide bonds. The summed E-state index contributed by atoms with van der Waals surface area (Å²) in [5, 5.41) is 12.3. The molecule has 24 heavy (non-hydrogen) atoms. The Morgan fingerprint density at radius 3 is 3.04 bits per heavy atom. The van der Waals surface area contributed by atoms with E-state index < -0.39 is 18.1 Å². The largest absolute Gasteiger partial charge is 0.360 e. The molecule has 6 nitrogen and oxygen atoms in total. The smallest absolute Gasteiger partial charge is 0.253 e. The molecule has 1 aromatic heterocycles. The van der Waals surface area contributed by atoms with Gasteiger partial charge in [0, 0.05) is 23.5 Å². The second kappa shape index (κ2) is 6.32. The molecule has 0 spiro atoms. The van der Waals surface area contributed by atoms with Gasteiger partial charge in [-0.05, 0) is 18.6 Å². The Kier molecular flexibility index (Phi) is 4.21. The molecule has 2 N–H and O–H groups in total. The zero-order valence-corrected chi connectivity index (χ0v) is 13.2. The summed E-state index contributed by atoms with van der Waals surface area (Å²) in [6, 6.07) is 6.83. The van der Waals surface area contributed by atoms with Crippen molar-refractivity contribution in [2.24, 2.45) is 0 Å². The number of benzene rings is 1. The number of nitriles is 1. The number of carbonyl (C=O) groups excluding carboxylic acids is 2. The van der Waals surface area contributed by atoms with Crippen molar-refractivity contribution in [2.45, 2.75) is 25.6 Å². The van der Waals surface area contributed by atoms with Gasteiger partial charge >= 0.3 is 0 Å². The van der Waals surface area contributed by atoms with E-state index in [1.165, 1.54) is 4.90 Å². The van der Waals surface area contributed by atoms with Crippen molar-refractivity contribution in [3.8, 4) is 6.07 Å². The maximum Gasteiger partial charge on any atom is 0.253 e. The molecule has 0 saturated carbocycles. The molecule has 1 unspecified atom stereocenters. The molecule has 0 bridgehead atoms. The lowest BCUT2D eigenvalue weighted by Gasteiger charge is -2.19. The van der Waals surface area contributed by atoms with Crippen LogP contribution in [-0.4, -0.2) is 47.0 Å². The predicted octanol–water partition coefficient (Wildman–Crippen LogP) is 1.67. The number of carbonyl (C=O) groups is 2. The summed E-state index contributed by atoms with van der Waals surface area (Å²) < 4.78 is 13.4. The van der Waals surface area contributed by atoms with Crippen LogP contribution in [0.1, 0.15) is 22.3 Å². The number of aromatic nitrogens is 1. The first kappa shape index (κ1) is 16.0. The highest BCUT2D eigenvalue weighted by Crippen LogP contribution is 2.21. The molecule has 2 atom stereocenters. The van der Waals surface area contributed by atoms with Gasteiger partial charge in [-0.1, -0.05) is 12.1 Å². The van der Waals surface area contributed by atoms with E-state index >= 15 is 0 Å². The fourth-order valence-corrected chi connectivity index (χ4v) is 2.96. The Hall–Kier alpha value is -2.88. The van der Waals surface area contributed by atoms with Gasteiger partial charge in [-0.3, -0.25) is 9.59 Å². The second-order valence-corrected chi connectivity index (χ2v) is 5.96. The number of hydrogen-bond acceptors (Lipinski definition) is 3. The van der Waals surface area contributed by atoms with Crippen molar-refractivity contribution in [3.05, 3.63) is 35.5 Å². The topological polar surface area (TPSA) is 89.0 Å². The monoisotopic (exact) mass is 328 g/mol. The van der Waals surface area contributed by atoms with Gasteiger partial charge in [0.25, 0.3) is 5.91 Å². The lowest BCUT2D eigenvalue weighted by atomic mass is 10.1. The second-order valence-electron chi connectivity index (χ2n) is 5.96. The number of alkyl halides is 1. The van der Waals surface area contributed by atoms with Crippen LogP contribution in [0.3, 0.4) is 0 Å². The summed E-state index contributed by atoms with van der Waals surface area (Å²) in [5.41, 5.74) is 2.36. The average molecular weight is 328 g/mol. The van der Waals surface area contributed by atoms with Gasteiger partial charge < -0.3 is 15.2 Å². The summed E-state index contributed by atoms with van der Waals surface area (Å²) >= 11 is 0. The SMILES string of the molecule is Cc1ccc2c(C(=O)NCC(=O)N3CC(F)C[C@H]3C#N)c[nH]c2c1. The normalized spacial score (nSPS) is 20.1. The summed E-state index contributed by atoms with van der Waals surface area (Å²) in [5.74, 6) is -0.839. The third kappa shape index (κ3) is 2.95. The van der Waals surface area contributed by atoms with E-state index in [0.29, 0.717) is 5.56 Å². The number of aromatic amines is 1. The van der Waals surface area contributed by atoms with E-state index in [9.17, 15) is 14.0 Å². The van der Waals surface area contributed by atoms with Crippen LogP contribution in [0.25, 0.3) is 10.9 Å². The number of halogens is 1. The number of fused-ring (bicyclic) bond motifs is 1. The number of H-pyrrole nitrogens is 1. The Balaban J connectivity index is 1.67. The highest BCUT2D eigenvalue weighted by molar-refractivity contribution is 6.07.